The monoisotopic (exact) mass is 319 g/mol. The van der Waals surface area contributed by atoms with Crippen LogP contribution in [-0.2, 0) is 14.4 Å². The van der Waals surface area contributed by atoms with E-state index in [4.69, 9.17) is 10.8 Å². The highest BCUT2D eigenvalue weighted by Crippen LogP contribution is 2.19. The highest BCUT2D eigenvalue weighted by Gasteiger charge is 2.39. The minimum atomic E-state index is -1.22. The van der Waals surface area contributed by atoms with Crippen LogP contribution in [0.15, 0.2) is 0 Å². The number of carbonyl (C=O) groups excluding carboxylic acids is 2. The predicted molar refractivity (Wildman–Crippen MR) is 77.8 cm³/mol. The largest absolute Gasteiger partial charge is 0.480 e. The van der Waals surface area contributed by atoms with E-state index in [0.717, 1.165) is 0 Å². The van der Waals surface area contributed by atoms with E-state index in [9.17, 15) is 19.5 Å². The first-order valence-electron chi connectivity index (χ1n) is 6.67. The molecule has 1 rings (SSSR count). The minimum absolute atomic E-state index is 0.0913. The fraction of sp³-hybridized carbons (Fsp3) is 0.750. The van der Waals surface area contributed by atoms with Gasteiger partial charge < -0.3 is 26.2 Å². The summed E-state index contributed by atoms with van der Waals surface area (Å²) in [6, 6.07) is -3.05. The Bertz CT molecular complexity index is 418. The van der Waals surface area contributed by atoms with Crippen LogP contribution >= 0.6 is 12.6 Å². The van der Waals surface area contributed by atoms with Crippen molar-refractivity contribution in [1.82, 2.24) is 10.2 Å². The molecule has 0 saturated carbocycles. The normalized spacial score (nSPS) is 22.5. The summed E-state index contributed by atoms with van der Waals surface area (Å²) in [6.07, 6.45) is -0.236. The maximum absolute atomic E-state index is 12.4. The number of carboxylic acids is 1. The van der Waals surface area contributed by atoms with E-state index in [-0.39, 0.29) is 12.3 Å². The SMILES string of the molecule is C[C@@H](O)[C@H](NC(=O)[C@@H](N)CS)C(=O)N1CCC[C@@H]1C(=O)O. The van der Waals surface area contributed by atoms with Crippen molar-refractivity contribution in [3.8, 4) is 0 Å². The number of carboxylic acid groups (broad SMARTS) is 1. The van der Waals surface area contributed by atoms with Crippen molar-refractivity contribution in [2.24, 2.45) is 5.73 Å². The number of aliphatic carboxylic acids is 1. The molecule has 1 saturated heterocycles. The van der Waals surface area contributed by atoms with Crippen LogP contribution in [0.1, 0.15) is 19.8 Å². The predicted octanol–water partition coefficient (Wildman–Crippen LogP) is -1.82. The van der Waals surface area contributed by atoms with Crippen molar-refractivity contribution in [3.63, 3.8) is 0 Å². The van der Waals surface area contributed by atoms with Gasteiger partial charge in [-0.2, -0.15) is 12.6 Å². The number of carbonyl (C=O) groups is 3. The van der Waals surface area contributed by atoms with Gasteiger partial charge in [-0.3, -0.25) is 9.59 Å². The number of thiol groups is 1. The van der Waals surface area contributed by atoms with Gasteiger partial charge in [0.15, 0.2) is 0 Å². The molecule has 0 spiro atoms. The van der Waals surface area contributed by atoms with Crippen molar-refractivity contribution in [1.29, 1.82) is 0 Å². The molecule has 0 unspecified atom stereocenters. The second kappa shape index (κ2) is 7.62. The van der Waals surface area contributed by atoms with E-state index < -0.39 is 42.0 Å². The van der Waals surface area contributed by atoms with Crippen LogP contribution in [0.3, 0.4) is 0 Å². The van der Waals surface area contributed by atoms with Crippen LogP contribution in [0.5, 0.6) is 0 Å². The molecule has 1 heterocycles. The minimum Gasteiger partial charge on any atom is -0.480 e. The molecule has 9 heteroatoms. The maximum atomic E-state index is 12.4. The van der Waals surface area contributed by atoms with Gasteiger partial charge in [0, 0.05) is 12.3 Å². The van der Waals surface area contributed by atoms with E-state index >= 15 is 0 Å². The quantitative estimate of drug-likeness (QED) is 0.366. The Morgan fingerprint density at radius 3 is 2.57 bits per heavy atom. The number of nitrogens with zero attached hydrogens (tertiary/aromatic N) is 1. The van der Waals surface area contributed by atoms with Crippen LogP contribution in [-0.4, -0.2) is 69.4 Å². The lowest BCUT2D eigenvalue weighted by Crippen LogP contribution is -2.58. The molecule has 1 aliphatic rings. The van der Waals surface area contributed by atoms with Gasteiger partial charge in [-0.05, 0) is 19.8 Å². The third kappa shape index (κ3) is 4.32. The highest BCUT2D eigenvalue weighted by atomic mass is 32.1. The van der Waals surface area contributed by atoms with Gasteiger partial charge in [-0.15, -0.1) is 0 Å². The van der Waals surface area contributed by atoms with Gasteiger partial charge in [0.25, 0.3) is 0 Å². The maximum Gasteiger partial charge on any atom is 0.326 e. The molecule has 0 radical (unpaired) electrons. The lowest BCUT2D eigenvalue weighted by molar-refractivity contribution is -0.150. The molecule has 4 atom stereocenters. The summed E-state index contributed by atoms with van der Waals surface area (Å²) in [4.78, 5) is 36.4. The zero-order chi connectivity index (χ0) is 16.2. The van der Waals surface area contributed by atoms with E-state index in [1.807, 2.05) is 0 Å². The number of hydrogen-bond donors (Lipinski definition) is 5. The van der Waals surface area contributed by atoms with Crippen LogP contribution in [0.2, 0.25) is 0 Å². The summed E-state index contributed by atoms with van der Waals surface area (Å²) in [5.74, 6) is -2.23. The van der Waals surface area contributed by atoms with E-state index in [2.05, 4.69) is 17.9 Å². The van der Waals surface area contributed by atoms with Gasteiger partial charge >= 0.3 is 5.97 Å². The summed E-state index contributed by atoms with van der Waals surface area (Å²) >= 11 is 3.89. The Labute approximate surface area is 128 Å². The Balaban J connectivity index is 2.83. The molecule has 1 fully saturated rings. The molecule has 0 bridgehead atoms. The molecule has 2 amide bonds. The van der Waals surface area contributed by atoms with Crippen LogP contribution < -0.4 is 11.1 Å². The first-order valence-corrected chi connectivity index (χ1v) is 7.31. The third-order valence-corrected chi connectivity index (χ3v) is 3.79. The molecule has 0 aliphatic carbocycles. The van der Waals surface area contributed by atoms with Crippen LogP contribution in [0.4, 0.5) is 0 Å². The molecule has 8 nitrogen and oxygen atoms in total. The number of nitrogens with one attached hydrogen (secondary N) is 1. The lowest BCUT2D eigenvalue weighted by atomic mass is 10.1. The number of amides is 2. The molecular weight excluding hydrogens is 298 g/mol. The average Bonchev–Trinajstić information content (AvgIpc) is 2.91. The Morgan fingerprint density at radius 2 is 2.10 bits per heavy atom. The smallest absolute Gasteiger partial charge is 0.326 e. The lowest BCUT2D eigenvalue weighted by Gasteiger charge is -2.29. The molecule has 120 valence electrons. The molecule has 5 N–H and O–H groups in total. The molecule has 0 aromatic carbocycles. The second-order valence-corrected chi connectivity index (χ2v) is 5.41. The fourth-order valence-electron chi connectivity index (χ4n) is 2.20. The number of aliphatic hydroxyl groups excluding tert-OH is 1. The molecule has 0 aromatic heterocycles. The summed E-state index contributed by atoms with van der Waals surface area (Å²) in [5, 5.41) is 21.1. The van der Waals surface area contributed by atoms with E-state index in [1.54, 1.807) is 0 Å². The topological polar surface area (TPSA) is 133 Å². The first-order chi connectivity index (χ1) is 9.79. The summed E-state index contributed by atoms with van der Waals surface area (Å²) in [6.45, 7) is 1.63. The summed E-state index contributed by atoms with van der Waals surface area (Å²) < 4.78 is 0. The molecular formula is C12H21N3O5S. The van der Waals surface area contributed by atoms with Gasteiger partial charge in [-0.25, -0.2) is 4.79 Å². The zero-order valence-corrected chi connectivity index (χ0v) is 12.6. The molecule has 1 aliphatic heterocycles. The number of aliphatic hydroxyl groups is 1. The van der Waals surface area contributed by atoms with Gasteiger partial charge in [-0.1, -0.05) is 0 Å². The van der Waals surface area contributed by atoms with Crippen molar-refractivity contribution in [3.05, 3.63) is 0 Å². The number of nitrogens with two attached hydrogens (primary N) is 1. The Hall–Kier alpha value is -1.32. The van der Waals surface area contributed by atoms with Gasteiger partial charge in [0.2, 0.25) is 11.8 Å². The molecule has 21 heavy (non-hydrogen) atoms. The first kappa shape index (κ1) is 17.7. The fourth-order valence-corrected chi connectivity index (χ4v) is 2.36. The van der Waals surface area contributed by atoms with Gasteiger partial charge in [0.05, 0.1) is 12.1 Å². The van der Waals surface area contributed by atoms with Crippen LogP contribution in [0.25, 0.3) is 0 Å². The zero-order valence-electron chi connectivity index (χ0n) is 11.7. The summed E-state index contributed by atoms with van der Waals surface area (Å²) in [7, 11) is 0. The number of likely N-dealkylation sites (tertiary alicyclic amines) is 1. The Kier molecular flexibility index (Phi) is 6.43. The average molecular weight is 319 g/mol. The standard InChI is InChI=1S/C12H21N3O5S/c1-6(16)9(14-10(17)7(13)5-21)11(18)15-4-2-3-8(15)12(19)20/h6-9,16,21H,2-5,13H2,1H3,(H,14,17)(H,19,20)/t6-,7+,8-,9+/m1/s1. The highest BCUT2D eigenvalue weighted by molar-refractivity contribution is 7.80. The third-order valence-electron chi connectivity index (χ3n) is 3.40. The van der Waals surface area contributed by atoms with E-state index in [1.165, 1.54) is 11.8 Å². The summed E-state index contributed by atoms with van der Waals surface area (Å²) in [5.41, 5.74) is 5.50. The Morgan fingerprint density at radius 1 is 1.48 bits per heavy atom. The number of hydrogen-bond acceptors (Lipinski definition) is 6. The van der Waals surface area contributed by atoms with Crippen molar-refractivity contribution in [2.75, 3.05) is 12.3 Å². The van der Waals surface area contributed by atoms with Crippen molar-refractivity contribution >= 4 is 30.4 Å². The van der Waals surface area contributed by atoms with Gasteiger partial charge in [0.1, 0.15) is 12.1 Å². The number of rotatable bonds is 6. The molecule has 0 aromatic rings. The van der Waals surface area contributed by atoms with Crippen molar-refractivity contribution < 1.29 is 24.6 Å². The van der Waals surface area contributed by atoms with E-state index in [0.29, 0.717) is 12.8 Å². The van der Waals surface area contributed by atoms with Crippen LogP contribution in [0, 0.1) is 0 Å². The van der Waals surface area contributed by atoms with Crippen molar-refractivity contribution in [2.45, 2.75) is 44.0 Å². The second-order valence-electron chi connectivity index (χ2n) is 5.04.